The Labute approximate surface area is 278 Å². The van der Waals surface area contributed by atoms with Crippen LogP contribution in [0, 0.1) is 0 Å². The zero-order valence-electron chi connectivity index (χ0n) is 24.9. The van der Waals surface area contributed by atoms with Gasteiger partial charge in [0.2, 0.25) is 0 Å². The topological polar surface area (TPSA) is 21.7 Å². The first-order valence-electron chi connectivity index (χ1n) is 15.7. The molecular weight excluding hydrogens is 615 g/mol. The van der Waals surface area contributed by atoms with E-state index < -0.39 is 0 Å². The number of benzene rings is 7. The minimum absolute atomic E-state index is 0.785. The van der Waals surface area contributed by atoms with Gasteiger partial charge in [-0.25, -0.2) is 0 Å². The van der Waals surface area contributed by atoms with Gasteiger partial charge in [-0.3, -0.25) is 4.90 Å². The molecule has 9 aromatic rings. The molecule has 3 nitrogen and oxygen atoms in total. The molecular formula is C42H23NO2S2. The first-order valence-corrected chi connectivity index (χ1v) is 17.3. The third-order valence-corrected chi connectivity index (χ3v) is 11.7. The van der Waals surface area contributed by atoms with Crippen LogP contribution in [0.4, 0.5) is 17.1 Å². The molecule has 0 saturated heterocycles. The number of hydrogen-bond acceptors (Lipinski definition) is 5. The molecule has 7 aromatic carbocycles. The average Bonchev–Trinajstić information content (AvgIpc) is 3.70. The summed E-state index contributed by atoms with van der Waals surface area (Å²) in [6, 6.07) is 49.8. The van der Waals surface area contributed by atoms with Crippen LogP contribution in [0.3, 0.4) is 0 Å². The van der Waals surface area contributed by atoms with Crippen LogP contribution in [0.1, 0.15) is 0 Å². The van der Waals surface area contributed by atoms with E-state index in [-0.39, 0.29) is 0 Å². The second-order valence-electron chi connectivity index (χ2n) is 12.1. The number of hydrogen-bond donors (Lipinski definition) is 0. The van der Waals surface area contributed by atoms with E-state index in [1.807, 2.05) is 34.8 Å². The van der Waals surface area contributed by atoms with E-state index in [1.165, 1.54) is 51.5 Å². The third kappa shape index (κ3) is 3.61. The molecule has 2 aromatic heterocycles. The number of fused-ring (bicyclic) bond motifs is 10. The first-order chi connectivity index (χ1) is 23.3. The highest BCUT2D eigenvalue weighted by atomic mass is 32.1. The molecule has 0 bridgehead atoms. The van der Waals surface area contributed by atoms with Gasteiger partial charge in [0.1, 0.15) is 5.69 Å². The van der Waals surface area contributed by atoms with Gasteiger partial charge in [-0.05, 0) is 82.9 Å². The Kier molecular flexibility index (Phi) is 5.14. The summed E-state index contributed by atoms with van der Waals surface area (Å²) in [6.07, 6.45) is 0. The van der Waals surface area contributed by atoms with Crippen molar-refractivity contribution in [3.8, 4) is 45.3 Å². The number of rotatable bonds is 2. The van der Waals surface area contributed by atoms with E-state index in [4.69, 9.17) is 9.47 Å². The normalized spacial score (nSPS) is 13.0. The SMILES string of the molecule is c1ccc2c(c1)Oc1cc(-c3cccc4sc5ccccc5c34)cc3c1N2c1ccc(-c2cccc4sc5ccccc5c24)cc1O3. The van der Waals surface area contributed by atoms with Crippen molar-refractivity contribution in [1.82, 2.24) is 0 Å². The van der Waals surface area contributed by atoms with Crippen LogP contribution >= 0.6 is 22.7 Å². The van der Waals surface area contributed by atoms with Crippen molar-refractivity contribution < 1.29 is 9.47 Å². The highest BCUT2D eigenvalue weighted by Crippen LogP contribution is 2.61. The van der Waals surface area contributed by atoms with E-state index in [0.717, 1.165) is 51.2 Å². The molecule has 2 aliphatic rings. The summed E-state index contributed by atoms with van der Waals surface area (Å²) in [7, 11) is 0. The van der Waals surface area contributed by atoms with Gasteiger partial charge in [0.15, 0.2) is 23.0 Å². The van der Waals surface area contributed by atoms with Gasteiger partial charge in [0, 0.05) is 40.3 Å². The maximum atomic E-state index is 6.91. The molecule has 0 unspecified atom stereocenters. The van der Waals surface area contributed by atoms with Crippen LogP contribution < -0.4 is 14.4 Å². The van der Waals surface area contributed by atoms with E-state index in [0.29, 0.717) is 0 Å². The Morgan fingerprint density at radius 3 is 1.64 bits per heavy atom. The summed E-state index contributed by atoms with van der Waals surface area (Å²) < 4.78 is 18.7. The number of anilines is 3. The van der Waals surface area contributed by atoms with Crippen molar-refractivity contribution in [3.05, 3.63) is 140 Å². The summed E-state index contributed by atoms with van der Waals surface area (Å²) in [5.74, 6) is 3.23. The molecule has 11 rings (SSSR count). The van der Waals surface area contributed by atoms with Crippen LogP contribution in [0.2, 0.25) is 0 Å². The van der Waals surface area contributed by atoms with Gasteiger partial charge in [0.25, 0.3) is 0 Å². The smallest absolute Gasteiger partial charge is 0.156 e. The molecule has 2 aliphatic heterocycles. The molecule has 0 atom stereocenters. The molecule has 4 heterocycles. The predicted octanol–water partition coefficient (Wildman–Crippen LogP) is 13.4. The predicted molar refractivity (Wildman–Crippen MR) is 198 cm³/mol. The number of thiophene rings is 2. The van der Waals surface area contributed by atoms with Gasteiger partial charge in [0.05, 0.1) is 11.4 Å². The minimum atomic E-state index is 0.785. The van der Waals surface area contributed by atoms with Gasteiger partial charge in [-0.2, -0.15) is 0 Å². The average molecular weight is 638 g/mol. The Hall–Kier alpha value is -5.62. The highest BCUT2D eigenvalue weighted by molar-refractivity contribution is 7.26. The second-order valence-corrected chi connectivity index (χ2v) is 14.2. The molecule has 0 spiro atoms. The molecule has 0 saturated carbocycles. The van der Waals surface area contributed by atoms with Crippen molar-refractivity contribution in [2.75, 3.05) is 4.90 Å². The van der Waals surface area contributed by atoms with E-state index in [9.17, 15) is 0 Å². The molecule has 0 amide bonds. The molecule has 5 heteroatoms. The fourth-order valence-corrected chi connectivity index (χ4v) is 9.69. The van der Waals surface area contributed by atoms with Gasteiger partial charge in [-0.1, -0.05) is 78.9 Å². The Morgan fingerprint density at radius 1 is 0.404 bits per heavy atom. The van der Waals surface area contributed by atoms with Gasteiger partial charge < -0.3 is 9.47 Å². The van der Waals surface area contributed by atoms with Crippen LogP contribution in [0.15, 0.2) is 140 Å². The summed E-state index contributed by atoms with van der Waals surface area (Å²) in [5.41, 5.74) is 7.52. The largest absolute Gasteiger partial charge is 0.453 e. The van der Waals surface area contributed by atoms with Crippen molar-refractivity contribution in [2.24, 2.45) is 0 Å². The van der Waals surface area contributed by atoms with Gasteiger partial charge in [-0.15, -0.1) is 22.7 Å². The van der Waals surface area contributed by atoms with Crippen LogP contribution in [-0.4, -0.2) is 0 Å². The molecule has 0 radical (unpaired) electrons. The van der Waals surface area contributed by atoms with Crippen molar-refractivity contribution in [3.63, 3.8) is 0 Å². The Morgan fingerprint density at radius 2 is 0.936 bits per heavy atom. The fraction of sp³-hybridized carbons (Fsp3) is 0. The first kappa shape index (κ1) is 25.6. The number of nitrogens with zero attached hydrogens (tertiary/aromatic N) is 1. The van der Waals surface area contributed by atoms with E-state index in [2.05, 4.69) is 132 Å². The summed E-state index contributed by atoms with van der Waals surface area (Å²) in [5, 5.41) is 5.12. The Bertz CT molecular complexity index is 2770. The second kappa shape index (κ2) is 9.46. The highest BCUT2D eigenvalue weighted by Gasteiger charge is 2.35. The van der Waals surface area contributed by atoms with Crippen LogP contribution in [0.5, 0.6) is 23.0 Å². The summed E-state index contributed by atoms with van der Waals surface area (Å²) in [4.78, 5) is 2.30. The maximum absolute atomic E-state index is 6.91. The maximum Gasteiger partial charge on any atom is 0.156 e. The van der Waals surface area contributed by atoms with Gasteiger partial charge >= 0.3 is 0 Å². The van der Waals surface area contributed by atoms with Crippen molar-refractivity contribution in [2.45, 2.75) is 0 Å². The molecule has 220 valence electrons. The Balaban J connectivity index is 1.14. The molecule has 0 fully saturated rings. The zero-order valence-corrected chi connectivity index (χ0v) is 26.5. The lowest BCUT2D eigenvalue weighted by Gasteiger charge is -2.38. The summed E-state index contributed by atoms with van der Waals surface area (Å²) in [6.45, 7) is 0. The lowest BCUT2D eigenvalue weighted by atomic mass is 9.96. The molecule has 0 aliphatic carbocycles. The van der Waals surface area contributed by atoms with E-state index in [1.54, 1.807) is 0 Å². The number of para-hydroxylation sites is 2. The van der Waals surface area contributed by atoms with Crippen LogP contribution in [-0.2, 0) is 0 Å². The minimum Gasteiger partial charge on any atom is -0.453 e. The third-order valence-electron chi connectivity index (χ3n) is 9.44. The van der Waals surface area contributed by atoms with E-state index >= 15 is 0 Å². The quantitative estimate of drug-likeness (QED) is 0.188. The van der Waals surface area contributed by atoms with Crippen molar-refractivity contribution in [1.29, 1.82) is 0 Å². The molecule has 0 N–H and O–H groups in total. The number of ether oxygens (including phenoxy) is 2. The van der Waals surface area contributed by atoms with Crippen molar-refractivity contribution >= 4 is 80.1 Å². The zero-order chi connectivity index (χ0) is 30.6. The standard InChI is InChI=1S/C42H23NO2S2/c1-5-15-36-28(9-1)40-26(11-7-17-38(40)46-36)24-19-20-31-33(21-24)45-35-23-25(22-34-42(35)43(31)30-13-3-4-14-32(30)44-34)27-12-8-18-39-41(27)29-10-2-6-16-37(29)47-39/h1-23H. The van der Waals surface area contributed by atoms with Crippen LogP contribution in [0.25, 0.3) is 62.6 Å². The summed E-state index contributed by atoms with van der Waals surface area (Å²) >= 11 is 3.68. The lowest BCUT2D eigenvalue weighted by molar-refractivity contribution is 0.446. The molecule has 47 heavy (non-hydrogen) atoms. The monoisotopic (exact) mass is 637 g/mol. The fourth-order valence-electron chi connectivity index (χ4n) is 7.43. The lowest BCUT2D eigenvalue weighted by Crippen LogP contribution is -2.20.